The van der Waals surface area contributed by atoms with E-state index < -0.39 is 14.6 Å². The second-order valence-electron chi connectivity index (χ2n) is 7.77. The number of hydrogen-bond donors (Lipinski definition) is 0. The van der Waals surface area contributed by atoms with Gasteiger partial charge in [0, 0.05) is 26.2 Å². The smallest absolute Gasteiger partial charge is 0.200 e. The molecule has 0 unspecified atom stereocenters. The molecule has 0 amide bonds. The summed E-state index contributed by atoms with van der Waals surface area (Å²) in [4.78, 5) is 8.64. The average molecular weight is 401 g/mol. The molecule has 0 N–H and O–H groups in total. The molecule has 3 aromatic rings. The molecule has 0 spiro atoms. The highest BCUT2D eigenvalue weighted by molar-refractivity contribution is 7.92. The Morgan fingerprint density at radius 3 is 2.32 bits per heavy atom. The molecular formula is C18H23N7O2S. The molecule has 3 aromatic heterocycles. The van der Waals surface area contributed by atoms with Crippen LogP contribution in [-0.4, -0.2) is 64.1 Å². The van der Waals surface area contributed by atoms with Gasteiger partial charge in [-0.2, -0.15) is 4.52 Å². The van der Waals surface area contributed by atoms with Gasteiger partial charge in [-0.05, 0) is 45.0 Å². The minimum Gasteiger partial charge on any atom is -0.367 e. The molecule has 0 bridgehead atoms. The van der Waals surface area contributed by atoms with Crippen LogP contribution in [0, 0.1) is 0 Å². The maximum atomic E-state index is 12.5. The Morgan fingerprint density at radius 1 is 0.964 bits per heavy atom. The Kier molecular flexibility index (Phi) is 4.45. The van der Waals surface area contributed by atoms with Crippen molar-refractivity contribution < 1.29 is 8.42 Å². The molecule has 0 radical (unpaired) electrons. The quantitative estimate of drug-likeness (QED) is 0.650. The predicted molar refractivity (Wildman–Crippen MR) is 106 cm³/mol. The fourth-order valence-electron chi connectivity index (χ4n) is 3.11. The highest BCUT2D eigenvalue weighted by Gasteiger charge is 2.32. The Balaban J connectivity index is 1.45. The number of piperazine rings is 1. The van der Waals surface area contributed by atoms with Crippen LogP contribution in [0.1, 0.15) is 20.8 Å². The summed E-state index contributed by atoms with van der Waals surface area (Å²) in [5.74, 6) is 0.886. The van der Waals surface area contributed by atoms with E-state index in [0.717, 1.165) is 43.3 Å². The molecule has 1 fully saturated rings. The SMILES string of the molecule is CC(C)(C)S(=O)(=O)c1ccc(N2CCN(c3ccc4nncn4n3)CC2)cn1. The van der Waals surface area contributed by atoms with E-state index in [1.54, 1.807) is 43.9 Å². The highest BCUT2D eigenvalue weighted by atomic mass is 32.2. The van der Waals surface area contributed by atoms with E-state index in [4.69, 9.17) is 0 Å². The molecule has 0 saturated carbocycles. The topological polar surface area (TPSA) is 96.6 Å². The van der Waals surface area contributed by atoms with Crippen LogP contribution in [0.4, 0.5) is 11.5 Å². The lowest BCUT2D eigenvalue weighted by Gasteiger charge is -2.36. The Labute approximate surface area is 163 Å². The van der Waals surface area contributed by atoms with E-state index in [1.807, 2.05) is 18.2 Å². The van der Waals surface area contributed by atoms with Crippen molar-refractivity contribution in [2.45, 2.75) is 30.5 Å². The zero-order chi connectivity index (χ0) is 19.9. The first kappa shape index (κ1) is 18.6. The summed E-state index contributed by atoms with van der Waals surface area (Å²) in [6.45, 7) is 8.27. The summed E-state index contributed by atoms with van der Waals surface area (Å²) in [7, 11) is -3.44. The molecule has 10 heteroatoms. The van der Waals surface area contributed by atoms with Gasteiger partial charge in [0.05, 0.1) is 16.6 Å². The number of sulfone groups is 1. The largest absolute Gasteiger partial charge is 0.367 e. The third-order valence-corrected chi connectivity index (χ3v) is 7.32. The molecule has 0 atom stereocenters. The lowest BCUT2D eigenvalue weighted by molar-refractivity contribution is 0.556. The fraction of sp³-hybridized carbons (Fsp3) is 0.444. The zero-order valence-electron chi connectivity index (χ0n) is 16.1. The zero-order valence-corrected chi connectivity index (χ0v) is 17.0. The van der Waals surface area contributed by atoms with E-state index in [1.165, 1.54) is 0 Å². The molecule has 4 rings (SSSR count). The minimum absolute atomic E-state index is 0.119. The molecule has 1 aliphatic rings. The Bertz CT molecular complexity index is 1080. The van der Waals surface area contributed by atoms with Crippen molar-refractivity contribution in [3.05, 3.63) is 36.8 Å². The van der Waals surface area contributed by atoms with Crippen LogP contribution in [0.25, 0.3) is 5.65 Å². The number of rotatable bonds is 3. The number of aromatic nitrogens is 5. The van der Waals surface area contributed by atoms with Gasteiger partial charge >= 0.3 is 0 Å². The van der Waals surface area contributed by atoms with Crippen LogP contribution in [0.15, 0.2) is 41.8 Å². The van der Waals surface area contributed by atoms with Crippen molar-refractivity contribution in [1.29, 1.82) is 0 Å². The molecule has 0 aromatic carbocycles. The van der Waals surface area contributed by atoms with Crippen LogP contribution in [0.5, 0.6) is 0 Å². The van der Waals surface area contributed by atoms with Gasteiger partial charge in [0.15, 0.2) is 20.5 Å². The predicted octanol–water partition coefficient (Wildman–Crippen LogP) is 1.42. The molecular weight excluding hydrogens is 378 g/mol. The van der Waals surface area contributed by atoms with Crippen LogP contribution >= 0.6 is 0 Å². The maximum Gasteiger partial charge on any atom is 0.200 e. The summed E-state index contributed by atoms with van der Waals surface area (Å²) in [5, 5.41) is 12.5. The van der Waals surface area contributed by atoms with Crippen LogP contribution in [0.3, 0.4) is 0 Å². The molecule has 9 nitrogen and oxygen atoms in total. The standard InChI is InChI=1S/C18H23N7O2S/c1-18(2,3)28(26,27)17-7-4-14(12-19-17)23-8-10-24(11-9-23)16-6-5-15-21-20-13-25(15)22-16/h4-7,12-13H,8-11H2,1-3H3. The van der Waals surface area contributed by atoms with Crippen LogP contribution in [0.2, 0.25) is 0 Å². The summed E-state index contributed by atoms with van der Waals surface area (Å²) in [6, 6.07) is 7.29. The van der Waals surface area contributed by atoms with E-state index in [9.17, 15) is 8.42 Å². The van der Waals surface area contributed by atoms with Gasteiger partial charge < -0.3 is 9.80 Å². The van der Waals surface area contributed by atoms with Gasteiger partial charge in [0.25, 0.3) is 0 Å². The summed E-state index contributed by atoms with van der Waals surface area (Å²) >= 11 is 0. The van der Waals surface area contributed by atoms with Gasteiger partial charge in [-0.25, -0.2) is 13.4 Å². The number of anilines is 2. The Morgan fingerprint density at radius 2 is 1.68 bits per heavy atom. The normalized spacial score (nSPS) is 16.0. The second kappa shape index (κ2) is 6.69. The average Bonchev–Trinajstić information content (AvgIpc) is 3.15. The van der Waals surface area contributed by atoms with Gasteiger partial charge in [0.2, 0.25) is 0 Å². The third kappa shape index (κ3) is 3.28. The first-order chi connectivity index (χ1) is 13.3. The molecule has 1 aliphatic heterocycles. The van der Waals surface area contributed by atoms with E-state index >= 15 is 0 Å². The highest BCUT2D eigenvalue weighted by Crippen LogP contribution is 2.25. The fourth-order valence-corrected chi connectivity index (χ4v) is 4.18. The van der Waals surface area contributed by atoms with Crippen molar-refractivity contribution in [3.8, 4) is 0 Å². The van der Waals surface area contributed by atoms with Crippen molar-refractivity contribution in [2.24, 2.45) is 0 Å². The summed E-state index contributed by atoms with van der Waals surface area (Å²) in [6.07, 6.45) is 3.24. The molecule has 28 heavy (non-hydrogen) atoms. The summed E-state index contributed by atoms with van der Waals surface area (Å²) < 4.78 is 25.8. The van der Waals surface area contributed by atoms with Crippen molar-refractivity contribution in [3.63, 3.8) is 0 Å². The van der Waals surface area contributed by atoms with E-state index in [-0.39, 0.29) is 5.03 Å². The van der Waals surface area contributed by atoms with Crippen LogP contribution in [-0.2, 0) is 9.84 Å². The van der Waals surface area contributed by atoms with Gasteiger partial charge in [0.1, 0.15) is 12.1 Å². The van der Waals surface area contributed by atoms with Gasteiger partial charge in [-0.1, -0.05) is 0 Å². The molecule has 0 aliphatic carbocycles. The molecule has 4 heterocycles. The number of hydrogen-bond acceptors (Lipinski definition) is 8. The van der Waals surface area contributed by atoms with E-state index in [0.29, 0.717) is 0 Å². The summed E-state index contributed by atoms with van der Waals surface area (Å²) in [5.41, 5.74) is 1.65. The van der Waals surface area contributed by atoms with Gasteiger partial charge in [-0.15, -0.1) is 15.3 Å². The van der Waals surface area contributed by atoms with E-state index in [2.05, 4.69) is 30.1 Å². The van der Waals surface area contributed by atoms with Crippen molar-refractivity contribution in [1.82, 2.24) is 24.8 Å². The molecule has 148 valence electrons. The minimum atomic E-state index is -3.44. The van der Waals surface area contributed by atoms with Crippen molar-refractivity contribution in [2.75, 3.05) is 36.0 Å². The van der Waals surface area contributed by atoms with Gasteiger partial charge in [-0.3, -0.25) is 0 Å². The third-order valence-electron chi connectivity index (χ3n) is 4.92. The van der Waals surface area contributed by atoms with Crippen LogP contribution < -0.4 is 9.80 Å². The molecule has 1 saturated heterocycles. The number of fused-ring (bicyclic) bond motifs is 1. The second-order valence-corrected chi connectivity index (χ2v) is 10.4. The lowest BCUT2D eigenvalue weighted by atomic mass is 10.2. The monoisotopic (exact) mass is 401 g/mol. The number of nitrogens with zero attached hydrogens (tertiary/aromatic N) is 7. The maximum absolute atomic E-state index is 12.5. The first-order valence-corrected chi connectivity index (χ1v) is 10.6. The Hall–Kier alpha value is -2.75. The first-order valence-electron chi connectivity index (χ1n) is 9.13. The lowest BCUT2D eigenvalue weighted by Crippen LogP contribution is -2.47. The van der Waals surface area contributed by atoms with Crippen molar-refractivity contribution >= 4 is 27.0 Å². The number of pyridine rings is 1.